The summed E-state index contributed by atoms with van der Waals surface area (Å²) in [6.07, 6.45) is 2.03. The molecule has 0 aromatic heterocycles. The predicted molar refractivity (Wildman–Crippen MR) is 65.1 cm³/mol. The molecule has 1 unspecified atom stereocenters. The molecule has 1 aliphatic heterocycles. The molecule has 1 atom stereocenters. The highest BCUT2D eigenvalue weighted by Gasteiger charge is 2.21. The van der Waals surface area contributed by atoms with E-state index in [2.05, 4.69) is 0 Å². The first-order chi connectivity index (χ1) is 8.25. The first-order valence-electron chi connectivity index (χ1n) is 6.01. The van der Waals surface area contributed by atoms with Crippen LogP contribution in [0.15, 0.2) is 24.3 Å². The molecular formula is C13H19NO3. The molecule has 1 fully saturated rings. The van der Waals surface area contributed by atoms with E-state index in [0.29, 0.717) is 12.5 Å². The second kappa shape index (κ2) is 5.89. The van der Waals surface area contributed by atoms with Crippen molar-refractivity contribution in [2.24, 2.45) is 11.7 Å². The van der Waals surface area contributed by atoms with Crippen LogP contribution >= 0.6 is 0 Å². The fourth-order valence-electron chi connectivity index (χ4n) is 2.01. The van der Waals surface area contributed by atoms with Gasteiger partial charge in [-0.3, -0.25) is 0 Å². The van der Waals surface area contributed by atoms with E-state index >= 15 is 0 Å². The van der Waals surface area contributed by atoms with Crippen LogP contribution in [0.25, 0.3) is 0 Å². The summed E-state index contributed by atoms with van der Waals surface area (Å²) in [5.41, 5.74) is 6.10. The van der Waals surface area contributed by atoms with E-state index in [0.717, 1.165) is 31.8 Å². The number of aromatic hydroxyl groups is 1. The van der Waals surface area contributed by atoms with Crippen LogP contribution in [-0.2, 0) is 4.74 Å². The van der Waals surface area contributed by atoms with Crippen molar-refractivity contribution in [2.45, 2.75) is 18.9 Å². The molecule has 0 saturated carbocycles. The molecule has 3 N–H and O–H groups in total. The van der Waals surface area contributed by atoms with E-state index in [1.54, 1.807) is 24.3 Å². The van der Waals surface area contributed by atoms with Gasteiger partial charge >= 0.3 is 0 Å². The summed E-state index contributed by atoms with van der Waals surface area (Å²) >= 11 is 0. The lowest BCUT2D eigenvalue weighted by atomic mass is 9.93. The van der Waals surface area contributed by atoms with Crippen LogP contribution in [0, 0.1) is 5.92 Å². The molecule has 4 heteroatoms. The largest absolute Gasteiger partial charge is 0.508 e. The second-order valence-corrected chi connectivity index (χ2v) is 4.42. The molecule has 4 nitrogen and oxygen atoms in total. The molecule has 0 bridgehead atoms. The molecule has 94 valence electrons. The van der Waals surface area contributed by atoms with Gasteiger partial charge in [-0.15, -0.1) is 0 Å². The minimum Gasteiger partial charge on any atom is -0.508 e. The van der Waals surface area contributed by atoms with Gasteiger partial charge in [0.25, 0.3) is 0 Å². The van der Waals surface area contributed by atoms with Crippen LogP contribution in [0.4, 0.5) is 0 Å². The highest BCUT2D eigenvalue weighted by Crippen LogP contribution is 2.20. The Bertz CT molecular complexity index is 333. The first kappa shape index (κ1) is 12.2. The fraction of sp³-hybridized carbons (Fsp3) is 0.538. The maximum Gasteiger partial charge on any atom is 0.119 e. The van der Waals surface area contributed by atoms with E-state index in [4.69, 9.17) is 20.3 Å². The summed E-state index contributed by atoms with van der Waals surface area (Å²) in [6, 6.07) is 6.75. The normalized spacial score (nSPS) is 18.9. The average molecular weight is 237 g/mol. The number of hydrogen-bond donors (Lipinski definition) is 2. The summed E-state index contributed by atoms with van der Waals surface area (Å²) < 4.78 is 10.9. The van der Waals surface area contributed by atoms with Gasteiger partial charge in [0.1, 0.15) is 18.1 Å². The lowest BCUT2D eigenvalue weighted by Gasteiger charge is -2.27. The molecule has 1 aromatic carbocycles. The van der Waals surface area contributed by atoms with E-state index in [-0.39, 0.29) is 11.8 Å². The van der Waals surface area contributed by atoms with Crippen molar-refractivity contribution in [1.29, 1.82) is 0 Å². The van der Waals surface area contributed by atoms with Crippen LogP contribution in [0.1, 0.15) is 12.8 Å². The minimum absolute atomic E-state index is 0.0488. The Morgan fingerprint density at radius 3 is 2.59 bits per heavy atom. The van der Waals surface area contributed by atoms with Gasteiger partial charge in [-0.25, -0.2) is 0 Å². The quantitative estimate of drug-likeness (QED) is 0.833. The fourth-order valence-corrected chi connectivity index (χ4v) is 2.01. The van der Waals surface area contributed by atoms with Crippen molar-refractivity contribution >= 4 is 0 Å². The smallest absolute Gasteiger partial charge is 0.119 e. The van der Waals surface area contributed by atoms with E-state index < -0.39 is 0 Å². The zero-order valence-electron chi connectivity index (χ0n) is 9.84. The maximum absolute atomic E-state index is 9.14. The molecule has 0 spiro atoms. The van der Waals surface area contributed by atoms with Crippen LogP contribution in [0.2, 0.25) is 0 Å². The third-order valence-electron chi connectivity index (χ3n) is 3.15. The third-order valence-corrected chi connectivity index (χ3v) is 3.15. The highest BCUT2D eigenvalue weighted by molar-refractivity contribution is 5.30. The topological polar surface area (TPSA) is 64.7 Å². The van der Waals surface area contributed by atoms with Gasteiger partial charge in [-0.1, -0.05) is 0 Å². The van der Waals surface area contributed by atoms with Gasteiger partial charge in [0, 0.05) is 19.3 Å². The van der Waals surface area contributed by atoms with Gasteiger partial charge in [0.15, 0.2) is 0 Å². The third kappa shape index (κ3) is 3.61. The van der Waals surface area contributed by atoms with Crippen molar-refractivity contribution in [3.8, 4) is 11.5 Å². The van der Waals surface area contributed by atoms with Crippen LogP contribution in [0.5, 0.6) is 11.5 Å². The van der Waals surface area contributed by atoms with Gasteiger partial charge in [0.2, 0.25) is 0 Å². The van der Waals surface area contributed by atoms with Crippen LogP contribution in [-0.4, -0.2) is 31.0 Å². The molecule has 1 aromatic rings. The Kier molecular flexibility index (Phi) is 4.23. The van der Waals surface area contributed by atoms with E-state index in [1.165, 1.54) is 0 Å². The molecule has 0 radical (unpaired) electrons. The van der Waals surface area contributed by atoms with Crippen LogP contribution < -0.4 is 10.5 Å². The summed E-state index contributed by atoms with van der Waals surface area (Å²) in [5, 5.41) is 9.14. The number of benzene rings is 1. The minimum atomic E-state index is 0.0488. The molecular weight excluding hydrogens is 218 g/mol. The molecule has 1 heterocycles. The molecule has 0 aliphatic carbocycles. The Morgan fingerprint density at radius 2 is 1.94 bits per heavy atom. The number of nitrogens with two attached hydrogens (primary N) is 1. The zero-order valence-corrected chi connectivity index (χ0v) is 9.84. The van der Waals surface area contributed by atoms with Crippen molar-refractivity contribution in [2.75, 3.05) is 19.8 Å². The zero-order chi connectivity index (χ0) is 12.1. The average Bonchev–Trinajstić information content (AvgIpc) is 2.39. The Balaban J connectivity index is 1.78. The first-order valence-corrected chi connectivity index (χ1v) is 6.01. The van der Waals surface area contributed by atoms with E-state index in [9.17, 15) is 0 Å². The van der Waals surface area contributed by atoms with Crippen LogP contribution in [0.3, 0.4) is 0 Å². The second-order valence-electron chi connectivity index (χ2n) is 4.42. The summed E-state index contributed by atoms with van der Waals surface area (Å²) in [6.45, 7) is 2.12. The monoisotopic (exact) mass is 237 g/mol. The SMILES string of the molecule is NC(COc1ccc(O)cc1)C1CCOCC1. The number of phenolic OH excluding ortho intramolecular Hbond substituents is 1. The van der Waals surface area contributed by atoms with Crippen molar-refractivity contribution < 1.29 is 14.6 Å². The molecule has 1 aliphatic rings. The number of phenols is 1. The lowest BCUT2D eigenvalue weighted by molar-refractivity contribution is 0.0521. The van der Waals surface area contributed by atoms with E-state index in [1.807, 2.05) is 0 Å². The predicted octanol–water partition coefficient (Wildman–Crippen LogP) is 1.52. The summed E-state index contributed by atoms with van der Waals surface area (Å²) in [7, 11) is 0. The van der Waals surface area contributed by atoms with Gasteiger partial charge < -0.3 is 20.3 Å². The highest BCUT2D eigenvalue weighted by atomic mass is 16.5. The number of rotatable bonds is 4. The maximum atomic E-state index is 9.14. The molecule has 2 rings (SSSR count). The standard InChI is InChI=1S/C13H19NO3/c14-13(10-5-7-16-8-6-10)9-17-12-3-1-11(15)2-4-12/h1-4,10,13,15H,5-9,14H2. The van der Waals surface area contributed by atoms with Crippen molar-refractivity contribution in [3.63, 3.8) is 0 Å². The Hall–Kier alpha value is -1.26. The van der Waals surface area contributed by atoms with Gasteiger partial charge in [-0.2, -0.15) is 0 Å². The summed E-state index contributed by atoms with van der Waals surface area (Å²) in [5.74, 6) is 1.47. The Morgan fingerprint density at radius 1 is 1.29 bits per heavy atom. The van der Waals surface area contributed by atoms with Gasteiger partial charge in [0.05, 0.1) is 0 Å². The summed E-state index contributed by atoms with van der Waals surface area (Å²) in [4.78, 5) is 0. The van der Waals surface area contributed by atoms with Crippen molar-refractivity contribution in [1.82, 2.24) is 0 Å². The number of ether oxygens (including phenoxy) is 2. The lowest BCUT2D eigenvalue weighted by Crippen LogP contribution is -2.38. The van der Waals surface area contributed by atoms with Gasteiger partial charge in [-0.05, 0) is 43.0 Å². The molecule has 1 saturated heterocycles. The molecule has 17 heavy (non-hydrogen) atoms. The molecule has 0 amide bonds. The number of hydrogen-bond acceptors (Lipinski definition) is 4. The van der Waals surface area contributed by atoms with Crippen molar-refractivity contribution in [3.05, 3.63) is 24.3 Å². The Labute approximate surface area is 101 Å².